The van der Waals surface area contributed by atoms with E-state index in [0.717, 1.165) is 38.2 Å². The van der Waals surface area contributed by atoms with Gasteiger partial charge in [-0.25, -0.2) is 0 Å². The van der Waals surface area contributed by atoms with Crippen LogP contribution in [0.5, 0.6) is 0 Å². The van der Waals surface area contributed by atoms with E-state index in [9.17, 15) is 5.11 Å². The van der Waals surface area contributed by atoms with E-state index in [2.05, 4.69) is 11.0 Å². The molecule has 0 amide bonds. The van der Waals surface area contributed by atoms with Gasteiger partial charge in [0.25, 0.3) is 0 Å². The van der Waals surface area contributed by atoms with Crippen LogP contribution in [0.25, 0.3) is 0 Å². The van der Waals surface area contributed by atoms with Crippen LogP contribution >= 0.6 is 0 Å². The van der Waals surface area contributed by atoms with E-state index in [4.69, 9.17) is 10.00 Å². The van der Waals surface area contributed by atoms with E-state index in [0.29, 0.717) is 18.0 Å². The molecule has 1 aromatic rings. The van der Waals surface area contributed by atoms with E-state index >= 15 is 0 Å². The van der Waals surface area contributed by atoms with Crippen LogP contribution in [0.4, 0.5) is 0 Å². The second-order valence-electron chi connectivity index (χ2n) is 5.53. The van der Waals surface area contributed by atoms with Crippen molar-refractivity contribution in [3.63, 3.8) is 0 Å². The third-order valence-electron chi connectivity index (χ3n) is 3.82. The largest absolute Gasteiger partial charge is 0.387 e. The number of hydrogen-bond donors (Lipinski definition) is 1. The molecule has 0 aliphatic carbocycles. The van der Waals surface area contributed by atoms with E-state index in [-0.39, 0.29) is 0 Å². The summed E-state index contributed by atoms with van der Waals surface area (Å²) in [7, 11) is 2.04. The highest BCUT2D eigenvalue weighted by molar-refractivity contribution is 5.32. The summed E-state index contributed by atoms with van der Waals surface area (Å²) >= 11 is 0. The van der Waals surface area contributed by atoms with Crippen LogP contribution in [0.2, 0.25) is 0 Å². The minimum absolute atomic E-state index is 0.507. The topological polar surface area (TPSA) is 56.5 Å². The number of likely N-dealkylation sites (N-methyl/N-ethyl adjacent to an activating group) is 1. The van der Waals surface area contributed by atoms with Crippen LogP contribution in [0.3, 0.4) is 0 Å². The number of aliphatic hydroxyl groups is 1. The van der Waals surface area contributed by atoms with Crippen LogP contribution in [0.1, 0.15) is 30.1 Å². The van der Waals surface area contributed by atoms with Gasteiger partial charge in [-0.3, -0.25) is 0 Å². The van der Waals surface area contributed by atoms with Crippen molar-refractivity contribution in [2.75, 3.05) is 33.4 Å². The minimum Gasteiger partial charge on any atom is -0.387 e. The molecule has 1 aliphatic rings. The van der Waals surface area contributed by atoms with Crippen LogP contribution in [-0.2, 0) is 4.74 Å². The van der Waals surface area contributed by atoms with Crippen molar-refractivity contribution < 1.29 is 9.84 Å². The molecule has 4 nitrogen and oxygen atoms in total. The number of hydrogen-bond acceptors (Lipinski definition) is 4. The van der Waals surface area contributed by atoms with Gasteiger partial charge in [0.1, 0.15) is 0 Å². The molecule has 0 bridgehead atoms. The maximum absolute atomic E-state index is 10.2. The van der Waals surface area contributed by atoms with Crippen molar-refractivity contribution in [3.05, 3.63) is 35.4 Å². The van der Waals surface area contributed by atoms with Crippen LogP contribution in [-0.4, -0.2) is 43.4 Å². The molecule has 0 aromatic heterocycles. The molecule has 1 atom stereocenters. The average molecular weight is 274 g/mol. The minimum atomic E-state index is -0.507. The zero-order valence-electron chi connectivity index (χ0n) is 12.0. The van der Waals surface area contributed by atoms with Gasteiger partial charge < -0.3 is 14.7 Å². The normalized spacial score (nSPS) is 17.9. The number of nitriles is 1. The SMILES string of the molecule is CN(CC1CCOCC1)CC(O)c1ccc(C#N)cc1. The van der Waals surface area contributed by atoms with Crippen molar-refractivity contribution in [1.29, 1.82) is 5.26 Å². The van der Waals surface area contributed by atoms with Crippen LogP contribution in [0, 0.1) is 17.2 Å². The van der Waals surface area contributed by atoms with Gasteiger partial charge in [-0.05, 0) is 43.5 Å². The molecule has 1 heterocycles. The van der Waals surface area contributed by atoms with E-state index in [1.165, 1.54) is 0 Å². The lowest BCUT2D eigenvalue weighted by atomic mass is 9.99. The number of ether oxygens (including phenoxy) is 1. The first-order valence-corrected chi connectivity index (χ1v) is 7.13. The van der Waals surface area contributed by atoms with Crippen LogP contribution < -0.4 is 0 Å². The first-order valence-electron chi connectivity index (χ1n) is 7.13. The molecule has 1 saturated heterocycles. The molecule has 1 aliphatic heterocycles. The molecule has 108 valence electrons. The fourth-order valence-corrected chi connectivity index (χ4v) is 2.62. The molecule has 0 spiro atoms. The molecule has 4 heteroatoms. The summed E-state index contributed by atoms with van der Waals surface area (Å²) in [4.78, 5) is 2.18. The highest BCUT2D eigenvalue weighted by Gasteiger charge is 2.17. The lowest BCUT2D eigenvalue weighted by Gasteiger charge is -2.28. The molecular weight excluding hydrogens is 252 g/mol. The van der Waals surface area contributed by atoms with E-state index < -0.39 is 6.10 Å². The van der Waals surface area contributed by atoms with E-state index in [1.54, 1.807) is 12.1 Å². The van der Waals surface area contributed by atoms with Gasteiger partial charge in [-0.1, -0.05) is 12.1 Å². The Bertz CT molecular complexity index is 447. The third kappa shape index (κ3) is 4.31. The Balaban J connectivity index is 1.83. The van der Waals surface area contributed by atoms with Crippen LogP contribution in [0.15, 0.2) is 24.3 Å². The monoisotopic (exact) mass is 274 g/mol. The number of benzene rings is 1. The summed E-state index contributed by atoms with van der Waals surface area (Å²) in [6, 6.07) is 9.23. The molecule has 0 radical (unpaired) electrons. The number of nitrogens with zero attached hydrogens (tertiary/aromatic N) is 2. The smallest absolute Gasteiger partial charge is 0.0991 e. The van der Waals surface area contributed by atoms with Gasteiger partial charge in [0.05, 0.1) is 17.7 Å². The number of rotatable bonds is 5. The Morgan fingerprint density at radius 3 is 2.60 bits per heavy atom. The second-order valence-corrected chi connectivity index (χ2v) is 5.53. The fourth-order valence-electron chi connectivity index (χ4n) is 2.62. The third-order valence-corrected chi connectivity index (χ3v) is 3.82. The van der Waals surface area contributed by atoms with Gasteiger partial charge in [0.15, 0.2) is 0 Å². The predicted octanol–water partition coefficient (Wildman–Crippen LogP) is 1.95. The van der Waals surface area contributed by atoms with Gasteiger partial charge in [-0.15, -0.1) is 0 Å². The molecule has 2 rings (SSSR count). The lowest BCUT2D eigenvalue weighted by molar-refractivity contribution is 0.0478. The Labute approximate surface area is 120 Å². The molecular formula is C16H22N2O2. The van der Waals surface area contributed by atoms with E-state index in [1.807, 2.05) is 19.2 Å². The van der Waals surface area contributed by atoms with Crippen molar-refractivity contribution in [2.24, 2.45) is 5.92 Å². The van der Waals surface area contributed by atoms with Gasteiger partial charge >= 0.3 is 0 Å². The summed E-state index contributed by atoms with van der Waals surface area (Å²) in [6.45, 7) is 3.33. The van der Waals surface area contributed by atoms with Gasteiger partial charge in [-0.2, -0.15) is 5.26 Å². The molecule has 0 saturated carbocycles. The molecule has 1 fully saturated rings. The fraction of sp³-hybridized carbons (Fsp3) is 0.562. The molecule has 1 unspecified atom stereocenters. The first-order chi connectivity index (χ1) is 9.69. The molecule has 20 heavy (non-hydrogen) atoms. The summed E-state index contributed by atoms with van der Waals surface area (Å²) < 4.78 is 5.36. The Morgan fingerprint density at radius 2 is 2.00 bits per heavy atom. The Hall–Kier alpha value is -1.41. The second kappa shape index (κ2) is 7.39. The summed E-state index contributed by atoms with van der Waals surface area (Å²) in [6.07, 6.45) is 1.71. The molecule has 1 N–H and O–H groups in total. The molecule has 1 aromatic carbocycles. The van der Waals surface area contributed by atoms with Gasteiger partial charge in [0, 0.05) is 26.3 Å². The number of aliphatic hydroxyl groups excluding tert-OH is 1. The lowest BCUT2D eigenvalue weighted by Crippen LogP contribution is -2.32. The Morgan fingerprint density at radius 1 is 1.35 bits per heavy atom. The zero-order chi connectivity index (χ0) is 14.4. The zero-order valence-corrected chi connectivity index (χ0v) is 12.0. The maximum Gasteiger partial charge on any atom is 0.0991 e. The summed E-state index contributed by atoms with van der Waals surface area (Å²) in [5.41, 5.74) is 1.49. The highest BCUT2D eigenvalue weighted by atomic mass is 16.5. The first kappa shape index (κ1) is 15.0. The maximum atomic E-state index is 10.2. The van der Waals surface area contributed by atoms with Crippen molar-refractivity contribution in [3.8, 4) is 6.07 Å². The van der Waals surface area contributed by atoms with Gasteiger partial charge in [0.2, 0.25) is 0 Å². The quantitative estimate of drug-likeness (QED) is 0.891. The average Bonchev–Trinajstić information content (AvgIpc) is 2.48. The van der Waals surface area contributed by atoms with Crippen molar-refractivity contribution >= 4 is 0 Å². The summed E-state index contributed by atoms with van der Waals surface area (Å²) in [5, 5.41) is 19.0. The van der Waals surface area contributed by atoms with Crippen molar-refractivity contribution in [2.45, 2.75) is 18.9 Å². The van der Waals surface area contributed by atoms with Crippen molar-refractivity contribution in [1.82, 2.24) is 4.90 Å². The highest BCUT2D eigenvalue weighted by Crippen LogP contribution is 2.18. The standard InChI is InChI=1S/C16H22N2O2/c1-18(11-14-6-8-20-9-7-14)12-16(19)15-4-2-13(10-17)3-5-15/h2-5,14,16,19H,6-9,11-12H2,1H3. The summed E-state index contributed by atoms with van der Waals surface area (Å²) in [5.74, 6) is 0.668. The Kier molecular flexibility index (Phi) is 5.54. The predicted molar refractivity (Wildman–Crippen MR) is 77.2 cm³/mol.